The van der Waals surface area contributed by atoms with Crippen molar-refractivity contribution in [3.8, 4) is 5.75 Å². The highest BCUT2D eigenvalue weighted by Crippen LogP contribution is 2.23. The van der Waals surface area contributed by atoms with Gasteiger partial charge < -0.3 is 10.1 Å². The number of nitrogens with one attached hydrogen (secondary N) is 1. The fourth-order valence-corrected chi connectivity index (χ4v) is 3.64. The van der Waals surface area contributed by atoms with Crippen LogP contribution in [0.25, 0.3) is 0 Å². The molecule has 140 valence electrons. The second-order valence-corrected chi connectivity index (χ2v) is 9.15. The van der Waals surface area contributed by atoms with Crippen LogP contribution in [0.15, 0.2) is 42.6 Å². The summed E-state index contributed by atoms with van der Waals surface area (Å²) in [7, 11) is -2.13. The lowest BCUT2D eigenvalue weighted by Crippen LogP contribution is -2.24. The topological polar surface area (TPSA) is 85.4 Å². The van der Waals surface area contributed by atoms with Crippen LogP contribution in [-0.2, 0) is 25.8 Å². The number of para-hydroxylation sites is 2. The van der Waals surface area contributed by atoms with E-state index >= 15 is 0 Å². The molecular formula is C19H24N2O4S. The van der Waals surface area contributed by atoms with Gasteiger partial charge >= 0.3 is 0 Å². The van der Waals surface area contributed by atoms with Crippen LogP contribution >= 0.6 is 0 Å². The second kappa shape index (κ2) is 7.86. The Morgan fingerprint density at radius 2 is 1.85 bits per heavy atom. The third-order valence-corrected chi connectivity index (χ3v) is 5.19. The Labute approximate surface area is 154 Å². The second-order valence-electron chi connectivity index (χ2n) is 7.08. The van der Waals surface area contributed by atoms with Crippen LogP contribution in [0.1, 0.15) is 32.0 Å². The van der Waals surface area contributed by atoms with Gasteiger partial charge in [-0.1, -0.05) is 39.0 Å². The number of hydrogen-bond donors (Lipinski definition) is 1. The Morgan fingerprint density at radius 1 is 1.15 bits per heavy atom. The SMILES string of the molecule is COc1ccccc1NC(=O)CS(=O)(=O)Cc1ccc(C(C)(C)C)nc1. The minimum absolute atomic E-state index is 0.105. The molecule has 0 aliphatic carbocycles. The number of ether oxygens (including phenoxy) is 1. The van der Waals surface area contributed by atoms with Crippen LogP contribution in [0.5, 0.6) is 5.75 Å². The van der Waals surface area contributed by atoms with E-state index in [1.165, 1.54) is 7.11 Å². The molecular weight excluding hydrogens is 352 g/mol. The molecule has 0 saturated carbocycles. The van der Waals surface area contributed by atoms with Gasteiger partial charge in [-0.15, -0.1) is 0 Å². The molecule has 0 spiro atoms. The first-order chi connectivity index (χ1) is 12.1. The molecule has 0 unspecified atom stereocenters. The maximum absolute atomic E-state index is 12.3. The fourth-order valence-electron chi connectivity index (χ4n) is 2.39. The Kier molecular flexibility index (Phi) is 6.02. The molecule has 1 N–H and O–H groups in total. The fraction of sp³-hybridized carbons (Fsp3) is 0.368. The van der Waals surface area contributed by atoms with Gasteiger partial charge in [0.05, 0.1) is 18.6 Å². The van der Waals surface area contributed by atoms with Gasteiger partial charge in [0.25, 0.3) is 0 Å². The maximum atomic E-state index is 12.3. The van der Waals surface area contributed by atoms with Gasteiger partial charge in [0.1, 0.15) is 11.5 Å². The van der Waals surface area contributed by atoms with E-state index in [0.29, 0.717) is 17.0 Å². The molecule has 0 bridgehead atoms. The van der Waals surface area contributed by atoms with Crippen molar-refractivity contribution >= 4 is 21.4 Å². The van der Waals surface area contributed by atoms with Crippen LogP contribution in [0.2, 0.25) is 0 Å². The summed E-state index contributed by atoms with van der Waals surface area (Å²) >= 11 is 0. The monoisotopic (exact) mass is 376 g/mol. The summed E-state index contributed by atoms with van der Waals surface area (Å²) in [6.45, 7) is 6.11. The van der Waals surface area contributed by atoms with E-state index in [9.17, 15) is 13.2 Å². The minimum atomic E-state index is -3.61. The van der Waals surface area contributed by atoms with E-state index in [4.69, 9.17) is 4.74 Å². The van der Waals surface area contributed by atoms with Gasteiger partial charge in [0.2, 0.25) is 5.91 Å². The number of amides is 1. The molecule has 1 amide bonds. The standard InChI is InChI=1S/C19H24N2O4S/c1-19(2,3)17-10-9-14(11-20-17)12-26(23,24)13-18(22)21-15-7-5-6-8-16(15)25-4/h5-11H,12-13H2,1-4H3,(H,21,22). The highest BCUT2D eigenvalue weighted by atomic mass is 32.2. The van der Waals surface area contributed by atoms with Crippen molar-refractivity contribution < 1.29 is 17.9 Å². The van der Waals surface area contributed by atoms with Crippen molar-refractivity contribution in [3.05, 3.63) is 53.9 Å². The number of aromatic nitrogens is 1. The molecule has 0 aliphatic rings. The number of carbonyl (C=O) groups excluding carboxylic acids is 1. The molecule has 0 aliphatic heterocycles. The molecule has 2 aromatic rings. The number of rotatable bonds is 6. The number of hydrogen-bond acceptors (Lipinski definition) is 5. The first-order valence-corrected chi connectivity index (χ1v) is 10.0. The van der Waals surface area contributed by atoms with Crippen molar-refractivity contribution in [1.29, 1.82) is 0 Å². The van der Waals surface area contributed by atoms with Crippen molar-refractivity contribution in [2.24, 2.45) is 0 Å². The highest BCUT2D eigenvalue weighted by molar-refractivity contribution is 7.91. The average molecular weight is 376 g/mol. The van der Waals surface area contributed by atoms with Gasteiger partial charge in [0.15, 0.2) is 9.84 Å². The highest BCUT2D eigenvalue weighted by Gasteiger charge is 2.20. The number of nitrogens with zero attached hydrogens (tertiary/aromatic N) is 1. The summed E-state index contributed by atoms with van der Waals surface area (Å²) in [4.78, 5) is 16.4. The summed E-state index contributed by atoms with van der Waals surface area (Å²) in [6, 6.07) is 10.4. The first-order valence-electron chi connectivity index (χ1n) is 8.19. The number of benzene rings is 1. The zero-order valence-electron chi connectivity index (χ0n) is 15.4. The first kappa shape index (κ1) is 19.9. The molecule has 0 saturated heterocycles. The van der Waals surface area contributed by atoms with E-state index < -0.39 is 21.5 Å². The lowest BCUT2D eigenvalue weighted by molar-refractivity contribution is -0.113. The predicted octanol–water partition coefficient (Wildman–Crippen LogP) is 2.94. The van der Waals surface area contributed by atoms with Crippen molar-refractivity contribution in [1.82, 2.24) is 4.98 Å². The van der Waals surface area contributed by atoms with Gasteiger partial charge in [0, 0.05) is 17.3 Å². The lowest BCUT2D eigenvalue weighted by Gasteiger charge is -2.17. The van der Waals surface area contributed by atoms with E-state index in [-0.39, 0.29) is 11.2 Å². The smallest absolute Gasteiger partial charge is 0.239 e. The molecule has 6 nitrogen and oxygen atoms in total. The van der Waals surface area contributed by atoms with Crippen LogP contribution in [0.3, 0.4) is 0 Å². The molecule has 2 rings (SSSR count). The van der Waals surface area contributed by atoms with Gasteiger partial charge in [-0.05, 0) is 23.8 Å². The van der Waals surface area contributed by atoms with Crippen LogP contribution in [0, 0.1) is 0 Å². The Bertz CT molecular complexity index is 869. The molecule has 0 fully saturated rings. The van der Waals surface area contributed by atoms with E-state index in [1.807, 2.05) is 26.8 Å². The number of carbonyl (C=O) groups is 1. The average Bonchev–Trinajstić information content (AvgIpc) is 2.54. The van der Waals surface area contributed by atoms with Gasteiger partial charge in [-0.3, -0.25) is 9.78 Å². The lowest BCUT2D eigenvalue weighted by atomic mass is 9.91. The minimum Gasteiger partial charge on any atom is -0.495 e. The van der Waals surface area contributed by atoms with Crippen molar-refractivity contribution in [2.75, 3.05) is 18.2 Å². The van der Waals surface area contributed by atoms with Crippen molar-refractivity contribution in [2.45, 2.75) is 31.9 Å². The molecule has 1 aromatic heterocycles. The molecule has 0 atom stereocenters. The Morgan fingerprint density at radius 3 is 2.42 bits per heavy atom. The Hall–Kier alpha value is -2.41. The van der Waals surface area contributed by atoms with Crippen LogP contribution in [0.4, 0.5) is 5.69 Å². The normalized spacial score (nSPS) is 11.8. The number of methoxy groups -OCH3 is 1. The molecule has 1 heterocycles. The van der Waals surface area contributed by atoms with E-state index in [1.54, 1.807) is 36.5 Å². The van der Waals surface area contributed by atoms with Crippen LogP contribution < -0.4 is 10.1 Å². The van der Waals surface area contributed by atoms with E-state index in [2.05, 4.69) is 10.3 Å². The summed E-state index contributed by atoms with van der Waals surface area (Å²) in [5.74, 6) is -0.968. The number of pyridine rings is 1. The third-order valence-electron chi connectivity index (χ3n) is 3.71. The van der Waals surface area contributed by atoms with Crippen LogP contribution in [-0.4, -0.2) is 32.2 Å². The largest absolute Gasteiger partial charge is 0.495 e. The van der Waals surface area contributed by atoms with Crippen molar-refractivity contribution in [3.63, 3.8) is 0 Å². The molecule has 26 heavy (non-hydrogen) atoms. The number of anilines is 1. The summed E-state index contributed by atoms with van der Waals surface area (Å²) in [5.41, 5.74) is 1.77. The Balaban J connectivity index is 2.03. The summed E-state index contributed by atoms with van der Waals surface area (Å²) < 4.78 is 29.8. The molecule has 1 aromatic carbocycles. The van der Waals surface area contributed by atoms with Gasteiger partial charge in [-0.2, -0.15) is 0 Å². The quantitative estimate of drug-likeness (QED) is 0.838. The number of sulfone groups is 1. The zero-order chi connectivity index (χ0) is 19.4. The molecule has 0 radical (unpaired) electrons. The third kappa shape index (κ3) is 5.56. The summed E-state index contributed by atoms with van der Waals surface area (Å²) in [6.07, 6.45) is 1.55. The zero-order valence-corrected chi connectivity index (χ0v) is 16.3. The summed E-state index contributed by atoms with van der Waals surface area (Å²) in [5, 5.41) is 2.57. The predicted molar refractivity (Wildman–Crippen MR) is 102 cm³/mol. The van der Waals surface area contributed by atoms with E-state index in [0.717, 1.165) is 5.69 Å². The maximum Gasteiger partial charge on any atom is 0.239 e. The van der Waals surface area contributed by atoms with Gasteiger partial charge in [-0.25, -0.2) is 8.42 Å². The molecule has 7 heteroatoms.